The Morgan fingerprint density at radius 3 is 2.82 bits per heavy atom. The summed E-state index contributed by atoms with van der Waals surface area (Å²) >= 11 is 0. The minimum atomic E-state index is -0.705. The Morgan fingerprint density at radius 1 is 1.36 bits per heavy atom. The second kappa shape index (κ2) is 6.23. The zero-order valence-corrected chi connectivity index (χ0v) is 12.0. The van der Waals surface area contributed by atoms with Crippen molar-refractivity contribution in [2.75, 3.05) is 6.54 Å². The van der Waals surface area contributed by atoms with Gasteiger partial charge < -0.3 is 10.3 Å². The van der Waals surface area contributed by atoms with Gasteiger partial charge in [-0.2, -0.15) is 4.98 Å². The molecule has 1 aliphatic heterocycles. The molecule has 0 saturated carbocycles. The molecule has 116 valence electrons. The van der Waals surface area contributed by atoms with E-state index in [1.807, 2.05) is 0 Å². The molecule has 0 aliphatic carbocycles. The molecular formula is C15H17FN4O2. The zero-order chi connectivity index (χ0) is 15.5. The topological polar surface area (TPSA) is 85.2 Å². The average molecular weight is 304 g/mol. The summed E-state index contributed by atoms with van der Waals surface area (Å²) in [6.45, 7) is 1.33. The van der Waals surface area contributed by atoms with Crippen LogP contribution in [0.3, 0.4) is 0 Å². The van der Waals surface area contributed by atoms with E-state index in [4.69, 9.17) is 10.3 Å². The molecule has 1 saturated heterocycles. The Bertz CT molecular complexity index is 656. The van der Waals surface area contributed by atoms with E-state index >= 15 is 0 Å². The Labute approximate surface area is 127 Å². The second-order valence-electron chi connectivity index (χ2n) is 5.41. The van der Waals surface area contributed by atoms with Crippen LogP contribution in [-0.4, -0.2) is 27.5 Å². The number of hydrogen-bond donors (Lipinski definition) is 1. The number of rotatable bonds is 4. The van der Waals surface area contributed by atoms with E-state index in [1.54, 1.807) is 12.1 Å². The average Bonchev–Trinajstić information content (AvgIpc) is 2.98. The van der Waals surface area contributed by atoms with E-state index < -0.39 is 5.91 Å². The van der Waals surface area contributed by atoms with Crippen molar-refractivity contribution in [3.8, 4) is 0 Å². The molecule has 3 rings (SSSR count). The molecule has 2 heterocycles. The van der Waals surface area contributed by atoms with Crippen molar-refractivity contribution in [2.24, 2.45) is 5.73 Å². The van der Waals surface area contributed by atoms with Gasteiger partial charge in [-0.3, -0.25) is 9.69 Å². The summed E-state index contributed by atoms with van der Waals surface area (Å²) in [5.74, 6) is -0.689. The number of aromatic nitrogens is 2. The van der Waals surface area contributed by atoms with Gasteiger partial charge in [-0.05, 0) is 37.1 Å². The van der Waals surface area contributed by atoms with Gasteiger partial charge in [0.1, 0.15) is 5.82 Å². The van der Waals surface area contributed by atoms with Crippen LogP contribution in [0.1, 0.15) is 47.4 Å². The number of likely N-dealkylation sites (tertiary alicyclic amines) is 1. The number of hydrogen-bond acceptors (Lipinski definition) is 5. The Kier molecular flexibility index (Phi) is 4.15. The molecule has 0 radical (unpaired) electrons. The van der Waals surface area contributed by atoms with Crippen LogP contribution >= 0.6 is 0 Å². The quantitative estimate of drug-likeness (QED) is 0.934. The number of carbonyl (C=O) groups excluding carboxylic acids is 1. The smallest absolute Gasteiger partial charge is 0.290 e. The van der Waals surface area contributed by atoms with E-state index in [9.17, 15) is 9.18 Å². The number of nitrogens with zero attached hydrogens (tertiary/aromatic N) is 3. The summed E-state index contributed by atoms with van der Waals surface area (Å²) in [5.41, 5.74) is 6.19. The lowest BCUT2D eigenvalue weighted by Crippen LogP contribution is -2.33. The van der Waals surface area contributed by atoms with Gasteiger partial charge in [0.25, 0.3) is 11.7 Å². The molecule has 2 N–H and O–H groups in total. The van der Waals surface area contributed by atoms with Crippen molar-refractivity contribution in [1.29, 1.82) is 0 Å². The second-order valence-corrected chi connectivity index (χ2v) is 5.41. The van der Waals surface area contributed by atoms with Crippen molar-refractivity contribution >= 4 is 5.91 Å². The summed E-state index contributed by atoms with van der Waals surface area (Å²) < 4.78 is 18.2. The number of benzene rings is 1. The molecule has 1 amide bonds. The molecule has 0 bridgehead atoms. The number of halogens is 1. The van der Waals surface area contributed by atoms with Crippen LogP contribution in [-0.2, 0) is 6.54 Å². The molecule has 1 atom stereocenters. The highest BCUT2D eigenvalue weighted by Crippen LogP contribution is 2.31. The van der Waals surface area contributed by atoms with Gasteiger partial charge in [-0.1, -0.05) is 23.7 Å². The van der Waals surface area contributed by atoms with Crippen LogP contribution in [0.25, 0.3) is 0 Å². The fraction of sp³-hybridized carbons (Fsp3) is 0.400. The third kappa shape index (κ3) is 3.14. The molecule has 1 aromatic heterocycles. The summed E-state index contributed by atoms with van der Waals surface area (Å²) in [7, 11) is 0. The predicted octanol–water partition coefficient (Wildman–Crippen LogP) is 2.03. The summed E-state index contributed by atoms with van der Waals surface area (Å²) in [6.07, 6.45) is 3.19. The Balaban J connectivity index is 1.77. The summed E-state index contributed by atoms with van der Waals surface area (Å²) in [4.78, 5) is 17.2. The lowest BCUT2D eigenvalue weighted by atomic mass is 9.95. The number of piperidine rings is 1. The number of carbonyl (C=O) groups is 1. The summed E-state index contributed by atoms with van der Waals surface area (Å²) in [5, 5.41) is 3.55. The van der Waals surface area contributed by atoms with Crippen LogP contribution in [0.2, 0.25) is 0 Å². The molecular weight excluding hydrogens is 287 g/mol. The van der Waals surface area contributed by atoms with Gasteiger partial charge in [-0.15, -0.1) is 0 Å². The third-order valence-corrected chi connectivity index (χ3v) is 3.90. The van der Waals surface area contributed by atoms with Crippen molar-refractivity contribution in [2.45, 2.75) is 31.8 Å². The third-order valence-electron chi connectivity index (χ3n) is 3.90. The summed E-state index contributed by atoms with van der Waals surface area (Å²) in [6, 6.07) is 6.74. The molecule has 1 fully saturated rings. The first-order chi connectivity index (χ1) is 10.6. The normalized spacial score (nSPS) is 19.2. The van der Waals surface area contributed by atoms with E-state index in [-0.39, 0.29) is 17.7 Å². The highest BCUT2D eigenvalue weighted by molar-refractivity contribution is 5.88. The van der Waals surface area contributed by atoms with Crippen LogP contribution in [0.4, 0.5) is 4.39 Å². The lowest BCUT2D eigenvalue weighted by molar-refractivity contribution is 0.0987. The number of nitrogens with two attached hydrogens (primary N) is 1. The highest BCUT2D eigenvalue weighted by Gasteiger charge is 2.26. The van der Waals surface area contributed by atoms with Crippen LogP contribution < -0.4 is 5.73 Å². The number of primary amides is 1. The first kappa shape index (κ1) is 14.6. The number of amides is 1. The highest BCUT2D eigenvalue weighted by atomic mass is 19.1. The van der Waals surface area contributed by atoms with Crippen LogP contribution in [0.5, 0.6) is 0 Å². The van der Waals surface area contributed by atoms with Crippen molar-refractivity contribution < 1.29 is 13.7 Å². The fourth-order valence-corrected chi connectivity index (χ4v) is 2.84. The van der Waals surface area contributed by atoms with Crippen molar-refractivity contribution in [3.63, 3.8) is 0 Å². The van der Waals surface area contributed by atoms with Gasteiger partial charge in [0.15, 0.2) is 0 Å². The minimum absolute atomic E-state index is 0.106. The Hall–Kier alpha value is -2.28. The first-order valence-electron chi connectivity index (χ1n) is 7.25. The standard InChI is InChI=1S/C15H17FN4O2/c16-11-6-4-10(5-7-11)12-3-1-2-8-20(12)9-13-18-15(14(17)21)19-22-13/h4-7,12H,1-3,8-9H2,(H2,17,21)/t12-/m1/s1. The molecule has 7 heteroatoms. The van der Waals surface area contributed by atoms with E-state index in [0.717, 1.165) is 31.4 Å². The van der Waals surface area contributed by atoms with Gasteiger partial charge in [-0.25, -0.2) is 4.39 Å². The fourth-order valence-electron chi connectivity index (χ4n) is 2.84. The molecule has 0 unspecified atom stereocenters. The van der Waals surface area contributed by atoms with Gasteiger partial charge in [0.05, 0.1) is 6.54 Å². The van der Waals surface area contributed by atoms with E-state index in [2.05, 4.69) is 15.0 Å². The van der Waals surface area contributed by atoms with Gasteiger partial charge >= 0.3 is 0 Å². The molecule has 2 aromatic rings. The van der Waals surface area contributed by atoms with Crippen molar-refractivity contribution in [1.82, 2.24) is 15.0 Å². The molecule has 1 aromatic carbocycles. The zero-order valence-electron chi connectivity index (χ0n) is 12.0. The maximum Gasteiger partial charge on any atom is 0.290 e. The minimum Gasteiger partial charge on any atom is -0.363 e. The molecule has 0 spiro atoms. The van der Waals surface area contributed by atoms with Crippen LogP contribution in [0, 0.1) is 5.82 Å². The lowest BCUT2D eigenvalue weighted by Gasteiger charge is -2.35. The predicted molar refractivity (Wildman–Crippen MR) is 76.2 cm³/mol. The maximum absolute atomic E-state index is 13.1. The van der Waals surface area contributed by atoms with Crippen molar-refractivity contribution in [3.05, 3.63) is 47.4 Å². The molecule has 1 aliphatic rings. The monoisotopic (exact) mass is 304 g/mol. The SMILES string of the molecule is NC(=O)c1noc(CN2CCCC[C@@H]2c2ccc(F)cc2)n1. The largest absolute Gasteiger partial charge is 0.363 e. The van der Waals surface area contributed by atoms with Gasteiger partial charge in [0.2, 0.25) is 5.89 Å². The van der Waals surface area contributed by atoms with Crippen LogP contribution in [0.15, 0.2) is 28.8 Å². The maximum atomic E-state index is 13.1. The Morgan fingerprint density at radius 2 is 2.14 bits per heavy atom. The first-order valence-corrected chi connectivity index (χ1v) is 7.25. The molecule has 22 heavy (non-hydrogen) atoms. The van der Waals surface area contributed by atoms with E-state index in [0.29, 0.717) is 12.4 Å². The molecule has 6 nitrogen and oxygen atoms in total. The van der Waals surface area contributed by atoms with Gasteiger partial charge in [0, 0.05) is 6.04 Å². The van der Waals surface area contributed by atoms with E-state index in [1.165, 1.54) is 12.1 Å².